The van der Waals surface area contributed by atoms with Gasteiger partial charge in [0.1, 0.15) is 5.57 Å². The number of benzene rings is 2. The summed E-state index contributed by atoms with van der Waals surface area (Å²) in [5, 5.41) is 2.20. The number of nitrogens with one attached hydrogen (secondary N) is 1. The zero-order valence-corrected chi connectivity index (χ0v) is 19.1. The van der Waals surface area contributed by atoms with E-state index < -0.39 is 30.4 Å². The molecule has 2 aliphatic rings. The van der Waals surface area contributed by atoms with Crippen LogP contribution in [0.5, 0.6) is 17.2 Å². The Morgan fingerprint density at radius 3 is 2.53 bits per heavy atom. The van der Waals surface area contributed by atoms with Gasteiger partial charge in [0.15, 0.2) is 23.9 Å². The fourth-order valence-corrected chi connectivity index (χ4v) is 3.83. The largest absolute Gasteiger partial charge is 0.479 e. The van der Waals surface area contributed by atoms with Crippen LogP contribution >= 0.6 is 23.2 Å². The van der Waals surface area contributed by atoms with E-state index >= 15 is 0 Å². The van der Waals surface area contributed by atoms with E-state index in [0.717, 1.165) is 4.90 Å². The number of carbonyl (C=O) groups excluding carboxylic acids is 4. The summed E-state index contributed by atoms with van der Waals surface area (Å²) in [5.41, 5.74) is 0.144. The van der Waals surface area contributed by atoms with E-state index in [1.165, 1.54) is 30.3 Å². The van der Waals surface area contributed by atoms with Crippen LogP contribution in [0, 0.1) is 0 Å². The quantitative estimate of drug-likeness (QED) is 0.359. The van der Waals surface area contributed by atoms with Gasteiger partial charge >= 0.3 is 12.0 Å². The lowest BCUT2D eigenvalue weighted by atomic mass is 10.1. The summed E-state index contributed by atoms with van der Waals surface area (Å²) in [6, 6.07) is 6.36. The van der Waals surface area contributed by atoms with Crippen LogP contribution < -0.4 is 24.4 Å². The van der Waals surface area contributed by atoms with Crippen LogP contribution in [0.2, 0.25) is 10.0 Å². The molecule has 2 aromatic carbocycles. The number of imide groups is 2. The minimum absolute atomic E-state index is 0.0174. The van der Waals surface area contributed by atoms with Gasteiger partial charge in [0.05, 0.1) is 22.3 Å². The molecule has 4 amide bonds. The Balaban J connectivity index is 1.61. The lowest BCUT2D eigenvalue weighted by Crippen LogP contribution is -2.54. The average molecular weight is 507 g/mol. The highest BCUT2D eigenvalue weighted by Crippen LogP contribution is 2.37. The van der Waals surface area contributed by atoms with E-state index in [-0.39, 0.29) is 46.0 Å². The third kappa shape index (κ3) is 4.63. The fraction of sp³-hybridized carbons (Fsp3) is 0.182. The Morgan fingerprint density at radius 2 is 1.82 bits per heavy atom. The normalized spacial score (nSPS) is 16.0. The topological polar surface area (TPSA) is 120 Å². The number of nitrogens with zero attached hydrogens (tertiary/aromatic N) is 1. The van der Waals surface area contributed by atoms with Crippen molar-refractivity contribution in [2.45, 2.75) is 6.92 Å². The monoisotopic (exact) mass is 506 g/mol. The number of amides is 4. The second-order valence-electron chi connectivity index (χ2n) is 6.90. The number of ether oxygens (including phenoxy) is 4. The molecular weight excluding hydrogens is 491 g/mol. The van der Waals surface area contributed by atoms with Crippen molar-refractivity contribution < 1.29 is 38.1 Å². The van der Waals surface area contributed by atoms with Gasteiger partial charge in [0.25, 0.3) is 11.8 Å². The van der Waals surface area contributed by atoms with Gasteiger partial charge in [0.2, 0.25) is 6.79 Å². The van der Waals surface area contributed by atoms with Crippen LogP contribution in [0.1, 0.15) is 12.5 Å². The van der Waals surface area contributed by atoms with Crippen molar-refractivity contribution in [1.29, 1.82) is 0 Å². The Morgan fingerprint density at radius 1 is 1.12 bits per heavy atom. The highest BCUT2D eigenvalue weighted by Gasteiger charge is 2.37. The van der Waals surface area contributed by atoms with E-state index in [1.54, 1.807) is 13.0 Å². The Kier molecular flexibility index (Phi) is 6.62. The predicted octanol–water partition coefficient (Wildman–Crippen LogP) is 3.33. The van der Waals surface area contributed by atoms with Crippen LogP contribution in [0.3, 0.4) is 0 Å². The first-order valence-corrected chi connectivity index (χ1v) is 10.6. The predicted molar refractivity (Wildman–Crippen MR) is 120 cm³/mol. The molecule has 0 spiro atoms. The highest BCUT2D eigenvalue weighted by molar-refractivity contribution is 6.40. The SMILES string of the molecule is CCOC(=O)COc1c(Cl)cc(/C=C2\C(=O)NC(=O)N(c3ccc4c(c3)OCO4)C2=O)cc1Cl. The molecule has 2 aliphatic heterocycles. The first kappa shape index (κ1) is 23.4. The molecule has 12 heteroatoms. The number of anilines is 1. The Bertz CT molecular complexity index is 1220. The van der Waals surface area contributed by atoms with Crippen molar-refractivity contribution in [3.05, 3.63) is 51.5 Å². The average Bonchev–Trinajstić information content (AvgIpc) is 3.24. The molecule has 1 saturated heterocycles. The van der Waals surface area contributed by atoms with E-state index in [1.807, 2.05) is 0 Å². The van der Waals surface area contributed by atoms with Crippen LogP contribution in [0.4, 0.5) is 10.5 Å². The third-order valence-corrected chi connectivity index (χ3v) is 5.25. The minimum atomic E-state index is -0.912. The first-order valence-electron chi connectivity index (χ1n) is 9.87. The minimum Gasteiger partial charge on any atom is -0.479 e. The standard InChI is InChI=1S/C22H16Cl2N2O8/c1-2-31-18(27)9-32-19-14(23)6-11(7-15(19)24)5-13-20(28)25-22(30)26(21(13)29)12-3-4-16-17(8-12)34-10-33-16/h3-8H,2,9-10H2,1H3,(H,25,28,30)/b13-5+. The molecule has 1 N–H and O–H groups in total. The second kappa shape index (κ2) is 9.62. The summed E-state index contributed by atoms with van der Waals surface area (Å²) in [4.78, 5) is 50.2. The number of fused-ring (bicyclic) bond motifs is 1. The molecule has 0 radical (unpaired) electrons. The molecule has 0 saturated carbocycles. The molecular formula is C22H16Cl2N2O8. The molecule has 176 valence electrons. The molecule has 0 atom stereocenters. The number of halogens is 2. The summed E-state index contributed by atoms with van der Waals surface area (Å²) in [6.07, 6.45) is 1.23. The number of urea groups is 1. The van der Waals surface area contributed by atoms with Crippen LogP contribution in [0.15, 0.2) is 35.9 Å². The number of carbonyl (C=O) groups is 4. The van der Waals surface area contributed by atoms with Gasteiger partial charge < -0.3 is 18.9 Å². The zero-order chi connectivity index (χ0) is 24.4. The van der Waals surface area contributed by atoms with Gasteiger partial charge in [-0.2, -0.15) is 0 Å². The maximum absolute atomic E-state index is 13.1. The number of hydrogen-bond donors (Lipinski definition) is 1. The van der Waals surface area contributed by atoms with E-state index in [2.05, 4.69) is 5.32 Å². The van der Waals surface area contributed by atoms with E-state index in [9.17, 15) is 19.2 Å². The van der Waals surface area contributed by atoms with Crippen molar-refractivity contribution in [2.24, 2.45) is 0 Å². The van der Waals surface area contributed by atoms with Crippen LogP contribution in [-0.2, 0) is 19.1 Å². The smallest absolute Gasteiger partial charge is 0.344 e. The summed E-state index contributed by atoms with van der Waals surface area (Å²) >= 11 is 12.4. The molecule has 2 heterocycles. The first-order chi connectivity index (χ1) is 16.3. The highest BCUT2D eigenvalue weighted by atomic mass is 35.5. The van der Waals surface area contributed by atoms with Gasteiger partial charge in [-0.15, -0.1) is 0 Å². The molecule has 0 aliphatic carbocycles. The lowest BCUT2D eigenvalue weighted by Gasteiger charge is -2.26. The summed E-state index contributed by atoms with van der Waals surface area (Å²) in [5.74, 6) is -1.48. The number of esters is 1. The molecule has 34 heavy (non-hydrogen) atoms. The second-order valence-corrected chi connectivity index (χ2v) is 7.72. The Labute approximate surface area is 202 Å². The van der Waals surface area contributed by atoms with Crippen LogP contribution in [0.25, 0.3) is 6.08 Å². The number of barbiturate groups is 1. The van der Waals surface area contributed by atoms with Gasteiger partial charge in [0, 0.05) is 6.07 Å². The third-order valence-electron chi connectivity index (χ3n) is 4.69. The van der Waals surface area contributed by atoms with Crippen molar-refractivity contribution in [3.63, 3.8) is 0 Å². The summed E-state index contributed by atoms with van der Waals surface area (Å²) < 4.78 is 20.6. The lowest BCUT2D eigenvalue weighted by molar-refractivity contribution is -0.145. The van der Waals surface area contributed by atoms with Gasteiger partial charge in [-0.25, -0.2) is 14.5 Å². The molecule has 0 aromatic heterocycles. The number of rotatable bonds is 6. The molecule has 4 rings (SSSR count). The van der Waals surface area contributed by atoms with Gasteiger partial charge in [-0.3, -0.25) is 14.9 Å². The summed E-state index contributed by atoms with van der Waals surface area (Å²) in [7, 11) is 0. The molecule has 0 bridgehead atoms. The fourth-order valence-electron chi connectivity index (χ4n) is 3.22. The van der Waals surface area contributed by atoms with Gasteiger partial charge in [-0.05, 0) is 42.8 Å². The number of hydrogen-bond acceptors (Lipinski definition) is 8. The van der Waals surface area contributed by atoms with E-state index in [0.29, 0.717) is 11.5 Å². The van der Waals surface area contributed by atoms with Crippen molar-refractivity contribution in [2.75, 3.05) is 24.9 Å². The van der Waals surface area contributed by atoms with Crippen LogP contribution in [-0.4, -0.2) is 43.8 Å². The van der Waals surface area contributed by atoms with Crippen molar-refractivity contribution >= 4 is 58.8 Å². The maximum atomic E-state index is 13.1. The molecule has 10 nitrogen and oxygen atoms in total. The summed E-state index contributed by atoms with van der Waals surface area (Å²) in [6.45, 7) is 1.47. The molecule has 1 fully saturated rings. The van der Waals surface area contributed by atoms with Gasteiger partial charge in [-0.1, -0.05) is 23.2 Å². The van der Waals surface area contributed by atoms with Crippen molar-refractivity contribution in [3.8, 4) is 17.2 Å². The zero-order valence-electron chi connectivity index (χ0n) is 17.6. The van der Waals surface area contributed by atoms with Crippen molar-refractivity contribution in [1.82, 2.24) is 5.32 Å². The maximum Gasteiger partial charge on any atom is 0.344 e. The molecule has 0 unspecified atom stereocenters. The Hall–Kier alpha value is -3.76. The van der Waals surface area contributed by atoms with E-state index in [4.69, 9.17) is 42.1 Å². The molecule has 2 aromatic rings.